The zero-order valence-corrected chi connectivity index (χ0v) is 13.8. The molecule has 0 saturated carbocycles. The van der Waals surface area contributed by atoms with E-state index < -0.39 is 0 Å². The molecule has 0 N–H and O–H groups in total. The number of carbonyl (C=O) groups is 1. The number of piperidine rings is 1. The molecule has 1 aromatic carbocycles. The quantitative estimate of drug-likeness (QED) is 0.852. The lowest BCUT2D eigenvalue weighted by atomic mass is 9.96. The maximum absolute atomic E-state index is 13.3. The summed E-state index contributed by atoms with van der Waals surface area (Å²) >= 11 is 0. The Bertz CT molecular complexity index is 526. The van der Waals surface area contributed by atoms with Crippen molar-refractivity contribution in [1.29, 1.82) is 0 Å². The van der Waals surface area contributed by atoms with Crippen LogP contribution in [-0.4, -0.2) is 41.9 Å². The first-order valence-corrected chi connectivity index (χ1v) is 8.98. The summed E-state index contributed by atoms with van der Waals surface area (Å²) < 4.78 is 13.3. The van der Waals surface area contributed by atoms with Gasteiger partial charge in [-0.25, -0.2) is 4.39 Å². The third kappa shape index (κ3) is 4.54. The standard InChI is InChI=1S/C19H27FN2O/c20-18-9-5-7-16(13-18)14-21-10-6-8-17(15-21)19(23)22-11-3-1-2-4-12-22/h5,7,9,13,17H,1-4,6,8,10-12,14-15H2. The summed E-state index contributed by atoms with van der Waals surface area (Å²) in [5, 5.41) is 0. The van der Waals surface area contributed by atoms with Crippen molar-refractivity contribution in [3.05, 3.63) is 35.6 Å². The lowest BCUT2D eigenvalue weighted by molar-refractivity contribution is -0.137. The van der Waals surface area contributed by atoms with Crippen LogP contribution in [0, 0.1) is 11.7 Å². The highest BCUT2D eigenvalue weighted by molar-refractivity contribution is 5.79. The predicted octanol–water partition coefficient (Wildman–Crippen LogP) is 3.44. The van der Waals surface area contributed by atoms with Gasteiger partial charge in [0.15, 0.2) is 0 Å². The highest BCUT2D eigenvalue weighted by Gasteiger charge is 2.29. The molecule has 4 heteroatoms. The SMILES string of the molecule is O=C(C1CCCN(Cc2cccc(F)c2)C1)N1CCCCCC1. The highest BCUT2D eigenvalue weighted by Crippen LogP contribution is 2.22. The Hall–Kier alpha value is -1.42. The van der Waals surface area contributed by atoms with Crippen molar-refractivity contribution in [1.82, 2.24) is 9.80 Å². The molecule has 3 nitrogen and oxygen atoms in total. The van der Waals surface area contributed by atoms with Gasteiger partial charge in [-0.15, -0.1) is 0 Å². The molecular weight excluding hydrogens is 291 g/mol. The van der Waals surface area contributed by atoms with E-state index >= 15 is 0 Å². The van der Waals surface area contributed by atoms with E-state index in [1.165, 1.54) is 18.9 Å². The molecule has 1 amide bonds. The van der Waals surface area contributed by atoms with Crippen LogP contribution in [0.3, 0.4) is 0 Å². The van der Waals surface area contributed by atoms with Gasteiger partial charge in [0.25, 0.3) is 0 Å². The molecule has 1 aromatic rings. The zero-order chi connectivity index (χ0) is 16.1. The summed E-state index contributed by atoms with van der Waals surface area (Å²) in [5.41, 5.74) is 0.993. The van der Waals surface area contributed by atoms with Gasteiger partial charge in [-0.2, -0.15) is 0 Å². The summed E-state index contributed by atoms with van der Waals surface area (Å²) in [6, 6.07) is 6.80. The van der Waals surface area contributed by atoms with Gasteiger partial charge < -0.3 is 4.90 Å². The molecule has 2 aliphatic heterocycles. The largest absolute Gasteiger partial charge is 0.342 e. The maximum Gasteiger partial charge on any atom is 0.226 e. The van der Waals surface area contributed by atoms with Gasteiger partial charge in [-0.1, -0.05) is 25.0 Å². The predicted molar refractivity (Wildman–Crippen MR) is 89.4 cm³/mol. The molecule has 2 heterocycles. The van der Waals surface area contributed by atoms with E-state index in [0.29, 0.717) is 5.91 Å². The Morgan fingerprint density at radius 3 is 2.61 bits per heavy atom. The van der Waals surface area contributed by atoms with Crippen LogP contribution in [0.25, 0.3) is 0 Å². The number of rotatable bonds is 3. The van der Waals surface area contributed by atoms with Crippen LogP contribution in [0.4, 0.5) is 4.39 Å². The smallest absolute Gasteiger partial charge is 0.226 e. The van der Waals surface area contributed by atoms with Gasteiger partial charge in [0.05, 0.1) is 5.92 Å². The average molecular weight is 318 g/mol. The molecule has 0 aliphatic carbocycles. The average Bonchev–Trinajstić information content (AvgIpc) is 2.84. The number of halogens is 1. The molecule has 0 spiro atoms. The third-order valence-corrected chi connectivity index (χ3v) is 5.07. The van der Waals surface area contributed by atoms with Crippen LogP contribution in [0.1, 0.15) is 44.1 Å². The molecule has 0 bridgehead atoms. The Kier molecular flexibility index (Phi) is 5.65. The minimum Gasteiger partial charge on any atom is -0.342 e. The number of benzene rings is 1. The number of carbonyl (C=O) groups excluding carboxylic acids is 1. The topological polar surface area (TPSA) is 23.6 Å². The fraction of sp³-hybridized carbons (Fsp3) is 0.632. The second-order valence-electron chi connectivity index (χ2n) is 6.94. The van der Waals surface area contributed by atoms with E-state index in [2.05, 4.69) is 9.80 Å². The fourth-order valence-electron chi connectivity index (χ4n) is 3.84. The molecule has 1 atom stereocenters. The second kappa shape index (κ2) is 7.91. The molecular formula is C19H27FN2O. The summed E-state index contributed by atoms with van der Waals surface area (Å²) in [7, 11) is 0. The van der Waals surface area contributed by atoms with E-state index in [9.17, 15) is 9.18 Å². The van der Waals surface area contributed by atoms with Gasteiger partial charge in [-0.3, -0.25) is 9.69 Å². The minimum atomic E-state index is -0.184. The van der Waals surface area contributed by atoms with Gasteiger partial charge >= 0.3 is 0 Å². The summed E-state index contributed by atoms with van der Waals surface area (Å²) in [4.78, 5) is 17.2. The number of nitrogens with zero attached hydrogens (tertiary/aromatic N) is 2. The number of hydrogen-bond donors (Lipinski definition) is 0. The Morgan fingerprint density at radius 1 is 1.09 bits per heavy atom. The van der Waals surface area contributed by atoms with Gasteiger partial charge in [0.2, 0.25) is 5.91 Å². The van der Waals surface area contributed by atoms with Crippen molar-refractivity contribution in [2.24, 2.45) is 5.92 Å². The van der Waals surface area contributed by atoms with Crippen LogP contribution in [0.2, 0.25) is 0 Å². The number of hydrogen-bond acceptors (Lipinski definition) is 2. The van der Waals surface area contributed by atoms with Crippen molar-refractivity contribution < 1.29 is 9.18 Å². The highest BCUT2D eigenvalue weighted by atomic mass is 19.1. The molecule has 126 valence electrons. The Labute approximate surface area is 138 Å². The van der Waals surface area contributed by atoms with Crippen LogP contribution in [-0.2, 0) is 11.3 Å². The lowest BCUT2D eigenvalue weighted by Gasteiger charge is -2.34. The zero-order valence-electron chi connectivity index (χ0n) is 13.8. The van der Waals surface area contributed by atoms with Crippen molar-refractivity contribution in [3.8, 4) is 0 Å². The van der Waals surface area contributed by atoms with Crippen LogP contribution in [0.5, 0.6) is 0 Å². The van der Waals surface area contributed by atoms with E-state index in [-0.39, 0.29) is 11.7 Å². The van der Waals surface area contributed by atoms with Crippen LogP contribution >= 0.6 is 0 Å². The van der Waals surface area contributed by atoms with Crippen LogP contribution < -0.4 is 0 Å². The van der Waals surface area contributed by atoms with Crippen molar-refractivity contribution in [2.45, 2.75) is 45.1 Å². The summed E-state index contributed by atoms with van der Waals surface area (Å²) in [5.74, 6) is 0.281. The molecule has 23 heavy (non-hydrogen) atoms. The van der Waals surface area contributed by atoms with E-state index in [0.717, 1.165) is 64.0 Å². The third-order valence-electron chi connectivity index (χ3n) is 5.07. The lowest BCUT2D eigenvalue weighted by Crippen LogP contribution is -2.44. The van der Waals surface area contributed by atoms with Crippen molar-refractivity contribution in [2.75, 3.05) is 26.2 Å². The first kappa shape index (κ1) is 16.4. The van der Waals surface area contributed by atoms with E-state index in [1.54, 1.807) is 12.1 Å². The van der Waals surface area contributed by atoms with Crippen LogP contribution in [0.15, 0.2) is 24.3 Å². The number of amides is 1. The maximum atomic E-state index is 13.3. The first-order chi connectivity index (χ1) is 11.2. The molecule has 2 aliphatic rings. The Balaban J connectivity index is 1.57. The van der Waals surface area contributed by atoms with E-state index in [4.69, 9.17) is 0 Å². The van der Waals surface area contributed by atoms with Gasteiger partial charge in [-0.05, 0) is 49.9 Å². The summed E-state index contributed by atoms with van der Waals surface area (Å²) in [6.07, 6.45) is 6.84. The Morgan fingerprint density at radius 2 is 1.87 bits per heavy atom. The molecule has 1 unspecified atom stereocenters. The first-order valence-electron chi connectivity index (χ1n) is 8.98. The minimum absolute atomic E-state index is 0.121. The molecule has 0 radical (unpaired) electrons. The van der Waals surface area contributed by atoms with Crippen molar-refractivity contribution in [3.63, 3.8) is 0 Å². The van der Waals surface area contributed by atoms with E-state index in [1.807, 2.05) is 6.07 Å². The fourth-order valence-corrected chi connectivity index (χ4v) is 3.84. The molecule has 2 fully saturated rings. The summed E-state index contributed by atoms with van der Waals surface area (Å²) in [6.45, 7) is 4.41. The molecule has 2 saturated heterocycles. The molecule has 3 rings (SSSR count). The molecule has 0 aromatic heterocycles. The van der Waals surface area contributed by atoms with Gasteiger partial charge in [0, 0.05) is 26.2 Å². The monoisotopic (exact) mass is 318 g/mol. The number of likely N-dealkylation sites (tertiary alicyclic amines) is 2. The van der Waals surface area contributed by atoms with Crippen molar-refractivity contribution >= 4 is 5.91 Å². The normalized spacial score (nSPS) is 23.5. The second-order valence-corrected chi connectivity index (χ2v) is 6.94. The van der Waals surface area contributed by atoms with Gasteiger partial charge in [0.1, 0.15) is 5.82 Å².